The first kappa shape index (κ1) is 12.2. The zero-order valence-electron chi connectivity index (χ0n) is 11.6. The molecule has 1 amide bonds. The molecule has 2 N–H and O–H groups in total. The molecular formula is C15H19N3O2. The quantitative estimate of drug-likeness (QED) is 0.852. The molecule has 3 unspecified atom stereocenters. The number of nitrogens with one attached hydrogen (secondary N) is 2. The van der Waals surface area contributed by atoms with E-state index in [-0.39, 0.29) is 11.9 Å². The standard InChI is InChI=1S/C15H19N3O2/c1-16-14-12-5-2-9(6-13(12)17-15(14)19)18-7-10-3-4-11(8-18)20-10/h2,5-6,10-11,14,16H,3-4,7-8H2,1H3,(H,17,19). The number of hydrogen-bond donors (Lipinski definition) is 2. The van der Waals surface area contributed by atoms with E-state index in [1.807, 2.05) is 7.05 Å². The van der Waals surface area contributed by atoms with Gasteiger partial charge in [0.2, 0.25) is 5.91 Å². The first-order chi connectivity index (χ1) is 9.74. The van der Waals surface area contributed by atoms with E-state index >= 15 is 0 Å². The highest BCUT2D eigenvalue weighted by molar-refractivity contribution is 6.03. The van der Waals surface area contributed by atoms with Gasteiger partial charge in [0.15, 0.2) is 0 Å². The van der Waals surface area contributed by atoms with Crippen LogP contribution in [0.4, 0.5) is 11.4 Å². The maximum Gasteiger partial charge on any atom is 0.246 e. The van der Waals surface area contributed by atoms with E-state index in [0.29, 0.717) is 12.2 Å². The van der Waals surface area contributed by atoms with Crippen molar-refractivity contribution in [2.24, 2.45) is 0 Å². The average molecular weight is 273 g/mol. The van der Waals surface area contributed by atoms with E-state index in [1.54, 1.807) is 0 Å². The summed E-state index contributed by atoms with van der Waals surface area (Å²) in [7, 11) is 1.81. The zero-order valence-corrected chi connectivity index (χ0v) is 11.6. The first-order valence-corrected chi connectivity index (χ1v) is 7.27. The van der Waals surface area contributed by atoms with Gasteiger partial charge >= 0.3 is 0 Å². The van der Waals surface area contributed by atoms with E-state index < -0.39 is 0 Å². The lowest BCUT2D eigenvalue weighted by molar-refractivity contribution is -0.117. The number of carbonyl (C=O) groups excluding carboxylic acids is 1. The van der Waals surface area contributed by atoms with Gasteiger partial charge in [0.05, 0.1) is 12.2 Å². The molecule has 3 atom stereocenters. The number of fused-ring (bicyclic) bond motifs is 3. The van der Waals surface area contributed by atoms with Crippen molar-refractivity contribution in [1.29, 1.82) is 0 Å². The lowest BCUT2D eigenvalue weighted by Gasteiger charge is -2.34. The van der Waals surface area contributed by atoms with Crippen molar-refractivity contribution in [3.63, 3.8) is 0 Å². The van der Waals surface area contributed by atoms with Crippen molar-refractivity contribution in [1.82, 2.24) is 5.32 Å². The van der Waals surface area contributed by atoms with Gasteiger partial charge in [0, 0.05) is 30.0 Å². The Morgan fingerprint density at radius 1 is 1.30 bits per heavy atom. The smallest absolute Gasteiger partial charge is 0.246 e. The number of nitrogens with zero attached hydrogens (tertiary/aromatic N) is 1. The van der Waals surface area contributed by atoms with Crippen LogP contribution >= 0.6 is 0 Å². The third-order valence-corrected chi connectivity index (χ3v) is 4.57. The van der Waals surface area contributed by atoms with Crippen molar-refractivity contribution in [2.45, 2.75) is 31.1 Å². The van der Waals surface area contributed by atoms with Crippen molar-refractivity contribution >= 4 is 17.3 Å². The molecule has 20 heavy (non-hydrogen) atoms. The van der Waals surface area contributed by atoms with Crippen molar-refractivity contribution < 1.29 is 9.53 Å². The van der Waals surface area contributed by atoms with Crippen molar-refractivity contribution in [3.05, 3.63) is 23.8 Å². The van der Waals surface area contributed by atoms with Gasteiger partial charge in [-0.2, -0.15) is 0 Å². The number of carbonyl (C=O) groups is 1. The Kier molecular flexibility index (Phi) is 2.72. The Balaban J connectivity index is 1.62. The first-order valence-electron chi connectivity index (χ1n) is 7.27. The number of likely N-dealkylation sites (N-methyl/N-ethyl adjacent to an activating group) is 1. The molecule has 3 aliphatic heterocycles. The Morgan fingerprint density at radius 3 is 2.75 bits per heavy atom. The molecule has 4 rings (SSSR count). The maximum absolute atomic E-state index is 11.9. The van der Waals surface area contributed by atoms with Crippen LogP contribution in [-0.4, -0.2) is 38.3 Å². The van der Waals surface area contributed by atoms with Crippen LogP contribution in [-0.2, 0) is 9.53 Å². The number of hydrogen-bond acceptors (Lipinski definition) is 4. The minimum absolute atomic E-state index is 0.0293. The van der Waals surface area contributed by atoms with Gasteiger partial charge in [-0.1, -0.05) is 6.07 Å². The van der Waals surface area contributed by atoms with Gasteiger partial charge in [-0.05, 0) is 32.0 Å². The highest BCUT2D eigenvalue weighted by atomic mass is 16.5. The molecule has 0 aliphatic carbocycles. The SMILES string of the molecule is CNC1C(=O)Nc2cc(N3CC4CCC(C3)O4)ccc21. The molecule has 1 aromatic rings. The fourth-order valence-electron chi connectivity index (χ4n) is 3.56. The number of ether oxygens (including phenoxy) is 1. The summed E-state index contributed by atoms with van der Waals surface area (Å²) in [6.07, 6.45) is 3.10. The number of amides is 1. The Hall–Kier alpha value is -1.59. The largest absolute Gasteiger partial charge is 0.371 e. The van der Waals surface area contributed by atoms with E-state index in [4.69, 9.17) is 4.74 Å². The summed E-state index contributed by atoms with van der Waals surface area (Å²) in [5.41, 5.74) is 3.16. The number of benzene rings is 1. The van der Waals surface area contributed by atoms with Gasteiger partial charge in [-0.15, -0.1) is 0 Å². The van der Waals surface area contributed by atoms with Crippen LogP contribution in [0, 0.1) is 0 Å². The molecule has 0 saturated carbocycles. The summed E-state index contributed by atoms with van der Waals surface area (Å²) in [5, 5.41) is 6.00. The Morgan fingerprint density at radius 2 is 2.05 bits per heavy atom. The molecule has 2 saturated heterocycles. The van der Waals surface area contributed by atoms with Gasteiger partial charge in [-0.3, -0.25) is 4.79 Å². The number of morpholine rings is 1. The van der Waals surface area contributed by atoms with E-state index in [0.717, 1.165) is 24.3 Å². The summed E-state index contributed by atoms with van der Waals surface area (Å²) < 4.78 is 5.87. The molecule has 2 bridgehead atoms. The third-order valence-electron chi connectivity index (χ3n) is 4.57. The number of anilines is 2. The topological polar surface area (TPSA) is 53.6 Å². The summed E-state index contributed by atoms with van der Waals surface area (Å²) in [6.45, 7) is 1.91. The summed E-state index contributed by atoms with van der Waals surface area (Å²) in [4.78, 5) is 14.2. The molecular weight excluding hydrogens is 254 g/mol. The Labute approximate surface area is 118 Å². The van der Waals surface area contributed by atoms with Crippen LogP contribution in [0.5, 0.6) is 0 Å². The predicted octanol–water partition coefficient (Wildman–Crippen LogP) is 1.27. The molecule has 0 aromatic heterocycles. The summed E-state index contributed by atoms with van der Waals surface area (Å²) in [6, 6.07) is 6.05. The average Bonchev–Trinajstić information content (AvgIpc) is 2.96. The van der Waals surface area contributed by atoms with Gasteiger partial charge in [0.1, 0.15) is 6.04 Å². The highest BCUT2D eigenvalue weighted by Gasteiger charge is 2.35. The number of rotatable bonds is 2. The van der Waals surface area contributed by atoms with Crippen LogP contribution in [0.25, 0.3) is 0 Å². The van der Waals surface area contributed by atoms with Crippen molar-refractivity contribution in [3.8, 4) is 0 Å². The van der Waals surface area contributed by atoms with E-state index in [2.05, 4.69) is 33.7 Å². The molecule has 0 radical (unpaired) electrons. The van der Waals surface area contributed by atoms with Crippen LogP contribution in [0.3, 0.4) is 0 Å². The van der Waals surface area contributed by atoms with E-state index in [1.165, 1.54) is 18.5 Å². The zero-order chi connectivity index (χ0) is 13.7. The predicted molar refractivity (Wildman–Crippen MR) is 77.0 cm³/mol. The highest BCUT2D eigenvalue weighted by Crippen LogP contribution is 2.36. The lowest BCUT2D eigenvalue weighted by Crippen LogP contribution is -2.42. The van der Waals surface area contributed by atoms with Crippen LogP contribution in [0.2, 0.25) is 0 Å². The summed E-state index contributed by atoms with van der Waals surface area (Å²) in [5.74, 6) is 0.0293. The van der Waals surface area contributed by atoms with Crippen molar-refractivity contribution in [2.75, 3.05) is 30.4 Å². The van der Waals surface area contributed by atoms with Crippen LogP contribution in [0.15, 0.2) is 18.2 Å². The minimum Gasteiger partial charge on any atom is -0.371 e. The molecule has 5 heteroatoms. The second kappa shape index (κ2) is 4.46. The van der Waals surface area contributed by atoms with Gasteiger partial charge < -0.3 is 20.3 Å². The van der Waals surface area contributed by atoms with Crippen LogP contribution < -0.4 is 15.5 Å². The molecule has 5 nitrogen and oxygen atoms in total. The normalized spacial score (nSPS) is 31.4. The fourth-order valence-corrected chi connectivity index (χ4v) is 3.56. The maximum atomic E-state index is 11.9. The van der Waals surface area contributed by atoms with Gasteiger partial charge in [0.25, 0.3) is 0 Å². The lowest BCUT2D eigenvalue weighted by atomic mass is 10.1. The monoisotopic (exact) mass is 273 g/mol. The minimum atomic E-state index is -0.222. The molecule has 2 fully saturated rings. The van der Waals surface area contributed by atoms with E-state index in [9.17, 15) is 4.79 Å². The second-order valence-corrected chi connectivity index (χ2v) is 5.84. The third kappa shape index (κ3) is 1.81. The molecule has 1 aromatic carbocycles. The molecule has 3 heterocycles. The van der Waals surface area contributed by atoms with Gasteiger partial charge in [-0.25, -0.2) is 0 Å². The molecule has 3 aliphatic rings. The summed E-state index contributed by atoms with van der Waals surface area (Å²) >= 11 is 0. The molecule has 0 spiro atoms. The Bertz CT molecular complexity index is 548. The second-order valence-electron chi connectivity index (χ2n) is 5.84. The van der Waals surface area contributed by atoms with Crippen LogP contribution in [0.1, 0.15) is 24.4 Å². The fraction of sp³-hybridized carbons (Fsp3) is 0.533. The molecule has 106 valence electrons.